The van der Waals surface area contributed by atoms with Crippen LogP contribution < -0.4 is 11.3 Å². The Kier molecular flexibility index (Phi) is 9.72. The molecule has 0 bridgehead atoms. The summed E-state index contributed by atoms with van der Waals surface area (Å²) >= 11 is 0. The van der Waals surface area contributed by atoms with Gasteiger partial charge in [0.15, 0.2) is 11.2 Å². The number of anilines is 1. The van der Waals surface area contributed by atoms with Crippen molar-refractivity contribution in [2.24, 2.45) is 0 Å². The van der Waals surface area contributed by atoms with E-state index in [1.165, 1.54) is 70.5 Å². The second-order valence-corrected chi connectivity index (χ2v) is 7.60. The zero-order valence-corrected chi connectivity index (χ0v) is 17.2. The van der Waals surface area contributed by atoms with Gasteiger partial charge in [-0.25, -0.2) is 9.55 Å². The van der Waals surface area contributed by atoms with Gasteiger partial charge < -0.3 is 10.7 Å². The Balaban J connectivity index is 1.56. The van der Waals surface area contributed by atoms with E-state index in [1.807, 2.05) is 0 Å². The summed E-state index contributed by atoms with van der Waals surface area (Å²) in [5.74, 6) is -0.390. The summed E-state index contributed by atoms with van der Waals surface area (Å²) in [4.78, 5) is 35.3. The van der Waals surface area contributed by atoms with E-state index in [9.17, 15) is 9.59 Å². The minimum atomic E-state index is -0.473. The molecule has 0 saturated carbocycles. The molecule has 0 aromatic carbocycles. The Hall–Kier alpha value is -2.18. The molecular weight excluding hydrogens is 354 g/mol. The Morgan fingerprint density at radius 2 is 1.50 bits per heavy atom. The number of H-pyrrole nitrogens is 1. The lowest BCUT2D eigenvalue weighted by Crippen LogP contribution is -2.30. The molecule has 0 aliphatic carbocycles. The maximum atomic E-state index is 12.4. The summed E-state index contributed by atoms with van der Waals surface area (Å²) in [7, 11) is 0. The second-order valence-electron chi connectivity index (χ2n) is 7.60. The largest absolute Gasteiger partial charge is 0.369 e. The van der Waals surface area contributed by atoms with Gasteiger partial charge in [-0.2, -0.15) is 4.98 Å². The van der Waals surface area contributed by atoms with E-state index < -0.39 is 5.56 Å². The van der Waals surface area contributed by atoms with Crippen LogP contribution in [0.3, 0.4) is 0 Å². The van der Waals surface area contributed by atoms with Crippen molar-refractivity contribution in [3.8, 4) is 0 Å². The highest BCUT2D eigenvalue weighted by Crippen LogP contribution is 2.13. The first-order valence-corrected chi connectivity index (χ1v) is 10.9. The molecule has 2 aromatic heterocycles. The normalized spacial score (nSPS) is 11.3. The zero-order valence-electron chi connectivity index (χ0n) is 17.2. The Morgan fingerprint density at radius 1 is 0.964 bits per heavy atom. The third-order valence-electron chi connectivity index (χ3n) is 5.23. The molecule has 2 rings (SSSR count). The topological polar surface area (TPSA) is 107 Å². The smallest absolute Gasteiger partial charge is 0.287 e. The van der Waals surface area contributed by atoms with Gasteiger partial charge in [-0.3, -0.25) is 9.59 Å². The molecule has 7 nitrogen and oxygen atoms in total. The molecule has 0 fully saturated rings. The Bertz CT molecular complexity index is 781. The number of nitrogen functional groups attached to an aromatic ring is 1. The van der Waals surface area contributed by atoms with Gasteiger partial charge >= 0.3 is 0 Å². The number of nitrogens with zero attached hydrogens (tertiary/aromatic N) is 3. The third kappa shape index (κ3) is 6.77. The number of imidazole rings is 1. The molecule has 3 N–H and O–H groups in total. The fourth-order valence-corrected chi connectivity index (χ4v) is 3.55. The Morgan fingerprint density at radius 3 is 2.07 bits per heavy atom. The molecule has 0 saturated heterocycles. The van der Waals surface area contributed by atoms with Crippen molar-refractivity contribution >= 4 is 23.0 Å². The monoisotopic (exact) mass is 389 g/mol. The van der Waals surface area contributed by atoms with Gasteiger partial charge in [0.05, 0.1) is 6.33 Å². The van der Waals surface area contributed by atoms with Crippen molar-refractivity contribution in [2.75, 3.05) is 5.73 Å². The fourth-order valence-electron chi connectivity index (χ4n) is 3.55. The summed E-state index contributed by atoms with van der Waals surface area (Å²) in [5, 5.41) is 0. The predicted octanol–water partition coefficient (Wildman–Crippen LogP) is 4.82. The maximum Gasteiger partial charge on any atom is 0.287 e. The number of nitrogens with two attached hydrogens (primary N) is 1. The van der Waals surface area contributed by atoms with E-state index in [4.69, 9.17) is 5.73 Å². The van der Waals surface area contributed by atoms with Gasteiger partial charge in [-0.1, -0.05) is 84.0 Å². The number of nitrogens with one attached hydrogen (secondary N) is 1. The van der Waals surface area contributed by atoms with Gasteiger partial charge in [-0.05, 0) is 6.42 Å². The Labute approximate surface area is 167 Å². The molecule has 0 spiro atoms. The third-order valence-corrected chi connectivity index (χ3v) is 5.23. The lowest BCUT2D eigenvalue weighted by Gasteiger charge is -2.07. The summed E-state index contributed by atoms with van der Waals surface area (Å²) in [6.07, 6.45) is 17.9. The number of aromatic amines is 1. The van der Waals surface area contributed by atoms with Crippen LogP contribution in [0.5, 0.6) is 0 Å². The highest BCUT2D eigenvalue weighted by atomic mass is 16.2. The van der Waals surface area contributed by atoms with Crippen molar-refractivity contribution in [2.45, 2.75) is 96.8 Å². The number of hydrogen-bond acceptors (Lipinski definition) is 5. The first-order chi connectivity index (χ1) is 13.6. The van der Waals surface area contributed by atoms with Crippen LogP contribution in [0.1, 0.15) is 102 Å². The molecule has 2 aromatic rings. The van der Waals surface area contributed by atoms with Gasteiger partial charge in [0.1, 0.15) is 0 Å². The van der Waals surface area contributed by atoms with E-state index >= 15 is 0 Å². The van der Waals surface area contributed by atoms with Crippen molar-refractivity contribution < 1.29 is 4.79 Å². The minimum absolute atomic E-state index is 0.0932. The molecule has 7 heteroatoms. The minimum Gasteiger partial charge on any atom is -0.369 e. The molecule has 2 heterocycles. The van der Waals surface area contributed by atoms with Crippen molar-refractivity contribution in [3.63, 3.8) is 0 Å². The van der Waals surface area contributed by atoms with Gasteiger partial charge in [0.25, 0.3) is 5.56 Å². The lowest BCUT2D eigenvalue weighted by molar-refractivity contribution is 0.0897. The number of fused-ring (bicyclic) bond motifs is 1. The van der Waals surface area contributed by atoms with Gasteiger partial charge in [0.2, 0.25) is 11.9 Å². The number of carbonyl (C=O) groups is 1. The van der Waals surface area contributed by atoms with E-state index in [2.05, 4.69) is 21.9 Å². The van der Waals surface area contributed by atoms with E-state index in [0.717, 1.165) is 23.8 Å². The first-order valence-electron chi connectivity index (χ1n) is 10.9. The van der Waals surface area contributed by atoms with Crippen molar-refractivity contribution in [1.29, 1.82) is 0 Å². The van der Waals surface area contributed by atoms with Crippen molar-refractivity contribution in [3.05, 3.63) is 16.7 Å². The molecule has 0 atom stereocenters. The lowest BCUT2D eigenvalue weighted by atomic mass is 10.0. The maximum absolute atomic E-state index is 12.4. The number of aromatic nitrogens is 4. The fraction of sp³-hybridized carbons (Fsp3) is 0.714. The first kappa shape index (κ1) is 22.1. The number of carbonyl (C=O) groups excluding carboxylic acids is 1. The van der Waals surface area contributed by atoms with Crippen LogP contribution in [0.25, 0.3) is 11.2 Å². The second kappa shape index (κ2) is 12.3. The molecule has 28 heavy (non-hydrogen) atoms. The SMILES string of the molecule is CCCCCCCCCCCCCCCC(=O)n1c(N)nc2nc[nH]c2c1=O. The molecule has 0 aliphatic rings. The highest BCUT2D eigenvalue weighted by Gasteiger charge is 2.16. The van der Waals surface area contributed by atoms with Crippen molar-refractivity contribution in [1.82, 2.24) is 19.5 Å². The quantitative estimate of drug-likeness (QED) is 0.450. The standard InChI is InChI=1S/C21H35N5O2/c1-2-3-4-5-6-7-8-9-10-11-12-13-14-15-17(27)26-20(28)18-19(24-16-23-18)25-21(26)22/h16H,2-15H2,1H3,(H2,22,25)(H,23,24). The van der Waals surface area contributed by atoms with Crippen LogP contribution in [0, 0.1) is 0 Å². The summed E-state index contributed by atoms with van der Waals surface area (Å²) in [6, 6.07) is 0. The number of rotatable bonds is 14. The average molecular weight is 390 g/mol. The number of hydrogen-bond donors (Lipinski definition) is 2. The van der Waals surface area contributed by atoms with Gasteiger partial charge in [-0.15, -0.1) is 0 Å². The summed E-state index contributed by atoms with van der Waals surface area (Å²) < 4.78 is 0.959. The molecular formula is C21H35N5O2. The van der Waals surface area contributed by atoms with Crippen LogP contribution in [0.15, 0.2) is 11.1 Å². The van der Waals surface area contributed by atoms with Crippen LogP contribution in [-0.2, 0) is 0 Å². The van der Waals surface area contributed by atoms with Crippen LogP contribution >= 0.6 is 0 Å². The van der Waals surface area contributed by atoms with Crippen LogP contribution in [-0.4, -0.2) is 25.4 Å². The molecule has 0 amide bonds. The molecule has 0 unspecified atom stereocenters. The van der Waals surface area contributed by atoms with E-state index in [-0.39, 0.29) is 23.0 Å². The number of unbranched alkanes of at least 4 members (excludes halogenated alkanes) is 12. The predicted molar refractivity (Wildman–Crippen MR) is 113 cm³/mol. The van der Waals surface area contributed by atoms with Gasteiger partial charge in [0, 0.05) is 6.42 Å². The molecule has 156 valence electrons. The van der Waals surface area contributed by atoms with E-state index in [0.29, 0.717) is 6.42 Å². The average Bonchev–Trinajstić information content (AvgIpc) is 3.14. The molecule has 0 aliphatic heterocycles. The highest BCUT2D eigenvalue weighted by molar-refractivity contribution is 5.84. The van der Waals surface area contributed by atoms with Crippen LogP contribution in [0.2, 0.25) is 0 Å². The molecule has 0 radical (unpaired) electrons. The summed E-state index contributed by atoms with van der Waals surface area (Å²) in [6.45, 7) is 2.25. The summed E-state index contributed by atoms with van der Waals surface area (Å²) in [5.41, 5.74) is 5.75. The zero-order chi connectivity index (χ0) is 20.2. The van der Waals surface area contributed by atoms with Crippen LogP contribution in [0.4, 0.5) is 5.95 Å². The van der Waals surface area contributed by atoms with E-state index in [1.54, 1.807) is 0 Å².